The van der Waals surface area contributed by atoms with Gasteiger partial charge in [-0.3, -0.25) is 5.26 Å². The van der Waals surface area contributed by atoms with E-state index < -0.39 is 12.3 Å². The maximum Gasteiger partial charge on any atom is 0.503 e. The minimum absolute atomic E-state index is 0.497. The average Bonchev–Trinajstić information content (AvgIpc) is 2.43. The normalized spacial score (nSPS) is 9.13. The topological polar surface area (TPSA) is 145 Å². The third-order valence-corrected chi connectivity index (χ3v) is 2.84. The number of rotatable bonds is 12. The molecule has 0 amide bonds. The molecule has 8 heteroatoms. The van der Waals surface area contributed by atoms with Crippen molar-refractivity contribution in [2.24, 2.45) is 0 Å². The fourth-order valence-electron chi connectivity index (χ4n) is 1.83. The molecule has 140 valence electrons. The van der Waals surface area contributed by atoms with Crippen LogP contribution >= 0.6 is 0 Å². The van der Waals surface area contributed by atoms with Gasteiger partial charge in [0.1, 0.15) is 0 Å². The van der Waals surface area contributed by atoms with Crippen LogP contribution in [0.1, 0.15) is 77.6 Å². The van der Waals surface area contributed by atoms with Crippen molar-refractivity contribution >= 4 is 12.3 Å². The van der Waals surface area contributed by atoms with Crippen molar-refractivity contribution in [2.45, 2.75) is 77.6 Å². The molecular formula is C15H32O8. The summed E-state index contributed by atoms with van der Waals surface area (Å²) in [6.45, 7) is 2.76. The van der Waals surface area contributed by atoms with Crippen molar-refractivity contribution in [1.82, 2.24) is 0 Å². The molecule has 0 aliphatic carbocycles. The zero-order valence-electron chi connectivity index (χ0n) is 13.9. The minimum atomic E-state index is -1.83. The second-order valence-electron chi connectivity index (χ2n) is 4.93. The highest BCUT2D eigenvalue weighted by Gasteiger charge is 1.92. The number of unbranched alkanes of at least 4 members (excludes halogenated alkanes) is 10. The third kappa shape index (κ3) is 63.7. The Kier molecular flexibility index (Phi) is 29.1. The number of hydrogen-bond acceptors (Lipinski definition) is 4. The van der Waals surface area contributed by atoms with Gasteiger partial charge in [0.15, 0.2) is 0 Å². The molecule has 0 rings (SSSR count). The Hall–Kier alpha value is -1.54. The van der Waals surface area contributed by atoms with E-state index in [0.717, 1.165) is 6.42 Å². The lowest BCUT2D eigenvalue weighted by atomic mass is 10.1. The Balaban J connectivity index is -0.000000413. The van der Waals surface area contributed by atoms with E-state index >= 15 is 0 Å². The molecule has 0 aliphatic rings. The molecule has 0 saturated heterocycles. The number of hydrogen-bond donors (Lipinski definition) is 5. The predicted octanol–water partition coefficient (Wildman–Crippen LogP) is 5.23. The highest BCUT2D eigenvalue weighted by atomic mass is 17.1. The van der Waals surface area contributed by atoms with Crippen molar-refractivity contribution < 1.29 is 40.2 Å². The molecule has 0 aromatic carbocycles. The molecule has 0 aliphatic heterocycles. The standard InChI is InChI=1S/C13H28O2.2CH2O3/c1-2-3-4-5-6-7-8-9-10-11-12-13-15-14;2*2-1(3)4/h14H,2-13H2,1H3;2*(H2,2,3,4). The van der Waals surface area contributed by atoms with Crippen LogP contribution in [-0.4, -0.2) is 44.6 Å². The Labute approximate surface area is 137 Å². The van der Waals surface area contributed by atoms with Gasteiger partial charge in [-0.2, -0.15) is 0 Å². The van der Waals surface area contributed by atoms with Crippen molar-refractivity contribution in [2.75, 3.05) is 6.61 Å². The Morgan fingerprint density at radius 2 is 0.913 bits per heavy atom. The van der Waals surface area contributed by atoms with Gasteiger partial charge in [-0.1, -0.05) is 71.1 Å². The number of carbonyl (C=O) groups is 2. The fourth-order valence-corrected chi connectivity index (χ4v) is 1.83. The minimum Gasteiger partial charge on any atom is -0.450 e. The van der Waals surface area contributed by atoms with Crippen molar-refractivity contribution in [3.05, 3.63) is 0 Å². The van der Waals surface area contributed by atoms with Crippen LogP contribution in [0.15, 0.2) is 0 Å². The number of carboxylic acid groups (broad SMARTS) is 4. The van der Waals surface area contributed by atoms with Gasteiger partial charge in [-0.15, -0.1) is 0 Å². The first-order chi connectivity index (χ1) is 10.9. The van der Waals surface area contributed by atoms with E-state index in [-0.39, 0.29) is 0 Å². The van der Waals surface area contributed by atoms with Gasteiger partial charge in [0, 0.05) is 0 Å². The molecule has 0 bridgehead atoms. The van der Waals surface area contributed by atoms with Gasteiger partial charge in [0.2, 0.25) is 0 Å². The zero-order valence-corrected chi connectivity index (χ0v) is 13.9. The summed E-state index contributed by atoms with van der Waals surface area (Å²) in [4.78, 5) is 21.1. The maximum atomic E-state index is 8.56. The van der Waals surface area contributed by atoms with Crippen LogP contribution in [0, 0.1) is 0 Å². The van der Waals surface area contributed by atoms with Crippen LogP contribution in [0.25, 0.3) is 0 Å². The van der Waals surface area contributed by atoms with Gasteiger partial charge >= 0.3 is 12.3 Å². The summed E-state index contributed by atoms with van der Waals surface area (Å²) in [6, 6.07) is 0. The van der Waals surface area contributed by atoms with E-state index in [0.29, 0.717) is 6.61 Å². The first-order valence-electron chi connectivity index (χ1n) is 7.98. The summed E-state index contributed by atoms with van der Waals surface area (Å²) < 4.78 is 0. The summed E-state index contributed by atoms with van der Waals surface area (Å²) in [5.74, 6) is 0. The van der Waals surface area contributed by atoms with Crippen LogP contribution in [0.2, 0.25) is 0 Å². The second kappa shape index (κ2) is 25.4. The van der Waals surface area contributed by atoms with Crippen LogP contribution in [0.3, 0.4) is 0 Å². The van der Waals surface area contributed by atoms with Gasteiger partial charge in [0.25, 0.3) is 0 Å². The molecule has 23 heavy (non-hydrogen) atoms. The first kappa shape index (κ1) is 26.4. The van der Waals surface area contributed by atoms with E-state index in [1.54, 1.807) is 0 Å². The third-order valence-electron chi connectivity index (χ3n) is 2.84. The molecule has 0 aromatic rings. The Bertz CT molecular complexity index is 214. The zero-order chi connectivity index (χ0) is 18.3. The van der Waals surface area contributed by atoms with E-state index in [1.165, 1.54) is 64.2 Å². The van der Waals surface area contributed by atoms with Crippen molar-refractivity contribution in [3.8, 4) is 0 Å². The van der Waals surface area contributed by atoms with Crippen LogP contribution in [0.5, 0.6) is 0 Å². The first-order valence-corrected chi connectivity index (χ1v) is 7.98. The molecule has 0 atom stereocenters. The molecule has 0 heterocycles. The monoisotopic (exact) mass is 340 g/mol. The quantitative estimate of drug-likeness (QED) is 0.184. The van der Waals surface area contributed by atoms with Crippen molar-refractivity contribution in [1.29, 1.82) is 0 Å². The van der Waals surface area contributed by atoms with E-state index in [1.807, 2.05) is 0 Å². The molecule has 0 unspecified atom stereocenters. The van der Waals surface area contributed by atoms with Crippen molar-refractivity contribution in [3.63, 3.8) is 0 Å². The summed E-state index contributed by atoms with van der Waals surface area (Å²) in [5, 5.41) is 36.0. The van der Waals surface area contributed by atoms with Gasteiger partial charge in [0.05, 0.1) is 6.61 Å². The van der Waals surface area contributed by atoms with Gasteiger partial charge in [-0.05, 0) is 6.42 Å². The summed E-state index contributed by atoms with van der Waals surface area (Å²) in [7, 11) is 0. The highest BCUT2D eigenvalue weighted by Crippen LogP contribution is 2.11. The van der Waals surface area contributed by atoms with Crippen LogP contribution < -0.4 is 0 Å². The molecule has 0 aromatic heterocycles. The highest BCUT2D eigenvalue weighted by molar-refractivity contribution is 5.53. The molecule has 0 fully saturated rings. The predicted molar refractivity (Wildman–Crippen MR) is 86.3 cm³/mol. The van der Waals surface area contributed by atoms with E-state index in [2.05, 4.69) is 11.8 Å². The molecule has 5 N–H and O–H groups in total. The molecule has 8 nitrogen and oxygen atoms in total. The average molecular weight is 340 g/mol. The molecule has 0 radical (unpaired) electrons. The van der Waals surface area contributed by atoms with Gasteiger partial charge < -0.3 is 20.4 Å². The molecular weight excluding hydrogens is 308 g/mol. The lowest BCUT2D eigenvalue weighted by Crippen LogP contribution is -1.88. The Morgan fingerprint density at radius 1 is 0.652 bits per heavy atom. The van der Waals surface area contributed by atoms with Gasteiger partial charge in [-0.25, -0.2) is 14.5 Å². The molecule has 0 spiro atoms. The largest absolute Gasteiger partial charge is 0.503 e. The van der Waals surface area contributed by atoms with Crippen LogP contribution in [0.4, 0.5) is 9.59 Å². The molecule has 0 saturated carbocycles. The Morgan fingerprint density at radius 3 is 1.17 bits per heavy atom. The summed E-state index contributed by atoms with van der Waals surface area (Å²) >= 11 is 0. The lowest BCUT2D eigenvalue weighted by molar-refractivity contribution is -0.242. The van der Waals surface area contributed by atoms with E-state index in [4.69, 9.17) is 35.3 Å². The smallest absolute Gasteiger partial charge is 0.450 e. The second-order valence-corrected chi connectivity index (χ2v) is 4.93. The summed E-state index contributed by atoms with van der Waals surface area (Å²) in [6.07, 6.45) is 10.9. The van der Waals surface area contributed by atoms with E-state index in [9.17, 15) is 0 Å². The summed E-state index contributed by atoms with van der Waals surface area (Å²) in [5.41, 5.74) is 0. The SMILES string of the molecule is CCCCCCCCCCCCCOO.O=C(O)O.O=C(O)O. The fraction of sp³-hybridized carbons (Fsp3) is 0.867. The lowest BCUT2D eigenvalue weighted by Gasteiger charge is -2.01. The van der Waals surface area contributed by atoms with Crippen LogP contribution in [-0.2, 0) is 4.89 Å². The maximum absolute atomic E-state index is 8.56.